The Morgan fingerprint density at radius 2 is 2.29 bits per heavy atom. The zero-order chi connectivity index (χ0) is 5.70. The van der Waals surface area contributed by atoms with E-state index in [0.717, 1.165) is 0 Å². The minimum atomic E-state index is -0.280. The standard InChI is InChI=1S/C6H11O/c1-3-5-6(7)4-2/h3,6-7H,1-2,4-5H2. The van der Waals surface area contributed by atoms with Crippen LogP contribution in [0.15, 0.2) is 12.7 Å². The van der Waals surface area contributed by atoms with Crippen molar-refractivity contribution in [2.45, 2.75) is 18.9 Å². The summed E-state index contributed by atoms with van der Waals surface area (Å²) < 4.78 is 0. The molecule has 0 aromatic rings. The molecule has 0 aliphatic heterocycles. The van der Waals surface area contributed by atoms with E-state index in [2.05, 4.69) is 13.5 Å². The summed E-state index contributed by atoms with van der Waals surface area (Å²) in [7, 11) is 0. The molecule has 1 N–H and O–H groups in total. The minimum Gasteiger partial charge on any atom is -0.393 e. The average Bonchev–Trinajstić information content (AvgIpc) is 1.68. The molecule has 1 heteroatoms. The molecule has 0 saturated heterocycles. The van der Waals surface area contributed by atoms with E-state index in [9.17, 15) is 0 Å². The molecule has 0 amide bonds. The summed E-state index contributed by atoms with van der Waals surface area (Å²) in [5, 5.41) is 8.72. The van der Waals surface area contributed by atoms with Crippen LogP contribution in [0.25, 0.3) is 0 Å². The molecular formula is C6H11O. The Morgan fingerprint density at radius 3 is 2.43 bits per heavy atom. The lowest BCUT2D eigenvalue weighted by molar-refractivity contribution is 0.181. The van der Waals surface area contributed by atoms with Crippen LogP contribution in [0.1, 0.15) is 12.8 Å². The highest BCUT2D eigenvalue weighted by molar-refractivity contribution is 4.72. The fourth-order valence-electron chi connectivity index (χ4n) is 0.310. The fraction of sp³-hybridized carbons (Fsp3) is 0.500. The van der Waals surface area contributed by atoms with Gasteiger partial charge in [-0.1, -0.05) is 13.0 Å². The molecule has 41 valence electrons. The maximum atomic E-state index is 8.72. The van der Waals surface area contributed by atoms with Crippen LogP contribution in [-0.4, -0.2) is 11.2 Å². The van der Waals surface area contributed by atoms with Gasteiger partial charge in [0.25, 0.3) is 0 Å². The lowest BCUT2D eigenvalue weighted by atomic mass is 10.2. The van der Waals surface area contributed by atoms with Crippen molar-refractivity contribution in [1.82, 2.24) is 0 Å². The van der Waals surface area contributed by atoms with Crippen LogP contribution in [0.2, 0.25) is 0 Å². The zero-order valence-electron chi connectivity index (χ0n) is 4.43. The Hall–Kier alpha value is -0.300. The summed E-state index contributed by atoms with van der Waals surface area (Å²) in [5.41, 5.74) is 0. The van der Waals surface area contributed by atoms with Crippen molar-refractivity contribution in [3.8, 4) is 0 Å². The van der Waals surface area contributed by atoms with Crippen LogP contribution in [-0.2, 0) is 0 Å². The summed E-state index contributed by atoms with van der Waals surface area (Å²) in [4.78, 5) is 0. The van der Waals surface area contributed by atoms with Gasteiger partial charge in [0.05, 0.1) is 6.10 Å². The van der Waals surface area contributed by atoms with Gasteiger partial charge >= 0.3 is 0 Å². The first-order valence-electron chi connectivity index (χ1n) is 2.39. The molecule has 0 aromatic heterocycles. The molecule has 0 spiro atoms. The topological polar surface area (TPSA) is 20.2 Å². The van der Waals surface area contributed by atoms with Gasteiger partial charge in [-0.15, -0.1) is 6.58 Å². The summed E-state index contributed by atoms with van der Waals surface area (Å²) in [6.45, 7) is 6.97. The molecule has 0 saturated carbocycles. The van der Waals surface area contributed by atoms with E-state index in [4.69, 9.17) is 5.11 Å². The number of rotatable bonds is 3. The second-order valence-corrected chi connectivity index (χ2v) is 1.47. The van der Waals surface area contributed by atoms with Gasteiger partial charge in [0, 0.05) is 0 Å². The summed E-state index contributed by atoms with van der Waals surface area (Å²) in [6, 6.07) is 0. The molecule has 0 bridgehead atoms. The van der Waals surface area contributed by atoms with E-state index in [0.29, 0.717) is 12.8 Å². The van der Waals surface area contributed by atoms with Crippen molar-refractivity contribution in [2.24, 2.45) is 0 Å². The molecule has 0 aliphatic carbocycles. The summed E-state index contributed by atoms with van der Waals surface area (Å²) in [6.07, 6.45) is 2.64. The molecule has 1 unspecified atom stereocenters. The van der Waals surface area contributed by atoms with E-state index in [-0.39, 0.29) is 6.10 Å². The third-order valence-electron chi connectivity index (χ3n) is 0.772. The van der Waals surface area contributed by atoms with Crippen LogP contribution in [0.4, 0.5) is 0 Å². The van der Waals surface area contributed by atoms with E-state index >= 15 is 0 Å². The molecule has 7 heavy (non-hydrogen) atoms. The maximum Gasteiger partial charge on any atom is 0.0574 e. The fourth-order valence-corrected chi connectivity index (χ4v) is 0.310. The van der Waals surface area contributed by atoms with Crippen molar-refractivity contribution in [2.75, 3.05) is 0 Å². The number of aliphatic hydroxyl groups is 1. The van der Waals surface area contributed by atoms with Gasteiger partial charge in [0.15, 0.2) is 0 Å². The smallest absolute Gasteiger partial charge is 0.0574 e. The maximum absolute atomic E-state index is 8.72. The lowest BCUT2D eigenvalue weighted by Crippen LogP contribution is -2.00. The molecule has 0 aromatic carbocycles. The largest absolute Gasteiger partial charge is 0.393 e. The van der Waals surface area contributed by atoms with Crippen LogP contribution in [0.5, 0.6) is 0 Å². The molecule has 1 atom stereocenters. The molecule has 1 radical (unpaired) electrons. The lowest BCUT2D eigenvalue weighted by Gasteiger charge is -1.99. The highest BCUT2D eigenvalue weighted by atomic mass is 16.3. The van der Waals surface area contributed by atoms with E-state index in [1.807, 2.05) is 0 Å². The van der Waals surface area contributed by atoms with Crippen LogP contribution in [0, 0.1) is 6.92 Å². The zero-order valence-corrected chi connectivity index (χ0v) is 4.43. The Kier molecular flexibility index (Phi) is 3.71. The van der Waals surface area contributed by atoms with E-state index in [1.54, 1.807) is 6.08 Å². The van der Waals surface area contributed by atoms with Gasteiger partial charge in [-0.3, -0.25) is 0 Å². The molecule has 0 rings (SSSR count). The third kappa shape index (κ3) is 3.53. The Balaban J connectivity index is 2.98. The van der Waals surface area contributed by atoms with Gasteiger partial charge in [0.2, 0.25) is 0 Å². The first-order chi connectivity index (χ1) is 3.31. The molecule has 1 nitrogen and oxygen atoms in total. The predicted molar refractivity (Wildman–Crippen MR) is 30.8 cm³/mol. The van der Waals surface area contributed by atoms with Crippen molar-refractivity contribution in [1.29, 1.82) is 0 Å². The van der Waals surface area contributed by atoms with Crippen LogP contribution < -0.4 is 0 Å². The molecular weight excluding hydrogens is 88.1 g/mol. The van der Waals surface area contributed by atoms with Crippen molar-refractivity contribution >= 4 is 0 Å². The monoisotopic (exact) mass is 99.1 g/mol. The van der Waals surface area contributed by atoms with Gasteiger partial charge in [-0.2, -0.15) is 0 Å². The number of hydrogen-bond acceptors (Lipinski definition) is 1. The summed E-state index contributed by atoms with van der Waals surface area (Å²) >= 11 is 0. The number of aliphatic hydroxyl groups excluding tert-OH is 1. The Morgan fingerprint density at radius 1 is 1.71 bits per heavy atom. The van der Waals surface area contributed by atoms with Gasteiger partial charge in [-0.05, 0) is 12.8 Å². The van der Waals surface area contributed by atoms with Gasteiger partial charge in [0.1, 0.15) is 0 Å². The second-order valence-electron chi connectivity index (χ2n) is 1.47. The molecule has 0 aliphatic rings. The normalized spacial score (nSPS) is 13.4. The van der Waals surface area contributed by atoms with Gasteiger partial charge < -0.3 is 5.11 Å². The Bertz CT molecular complexity index is 50.1. The van der Waals surface area contributed by atoms with E-state index in [1.165, 1.54) is 0 Å². The van der Waals surface area contributed by atoms with Crippen LogP contribution >= 0.6 is 0 Å². The molecule has 0 heterocycles. The highest BCUT2D eigenvalue weighted by Crippen LogP contribution is 1.94. The first kappa shape index (κ1) is 6.70. The van der Waals surface area contributed by atoms with Crippen molar-refractivity contribution < 1.29 is 5.11 Å². The number of hydrogen-bond donors (Lipinski definition) is 1. The third-order valence-corrected chi connectivity index (χ3v) is 0.772. The first-order valence-corrected chi connectivity index (χ1v) is 2.39. The minimum absolute atomic E-state index is 0.280. The SMILES string of the molecule is [CH2]CC(O)CC=C. The quantitative estimate of drug-likeness (QED) is 0.526. The van der Waals surface area contributed by atoms with Crippen LogP contribution in [0.3, 0.4) is 0 Å². The van der Waals surface area contributed by atoms with Crippen molar-refractivity contribution in [3.63, 3.8) is 0 Å². The van der Waals surface area contributed by atoms with Gasteiger partial charge in [-0.25, -0.2) is 0 Å². The second kappa shape index (κ2) is 3.88. The average molecular weight is 99.2 g/mol. The van der Waals surface area contributed by atoms with Crippen molar-refractivity contribution in [3.05, 3.63) is 19.6 Å². The highest BCUT2D eigenvalue weighted by Gasteiger charge is 1.92. The molecule has 0 fully saturated rings. The summed E-state index contributed by atoms with van der Waals surface area (Å²) in [5.74, 6) is 0. The van der Waals surface area contributed by atoms with E-state index < -0.39 is 0 Å². The Labute approximate surface area is 44.7 Å². The predicted octanol–water partition coefficient (Wildman–Crippen LogP) is 1.15.